The highest BCUT2D eigenvalue weighted by Crippen LogP contribution is 2.27. The summed E-state index contributed by atoms with van der Waals surface area (Å²) in [5, 5.41) is 3.05. The molecule has 0 aliphatic rings. The average molecular weight is 295 g/mol. The van der Waals surface area contributed by atoms with Crippen LogP contribution in [-0.4, -0.2) is 12.5 Å². The van der Waals surface area contributed by atoms with Crippen molar-refractivity contribution in [2.24, 2.45) is 0 Å². The zero-order valence-electron chi connectivity index (χ0n) is 13.3. The normalized spacial score (nSPS) is 10.6. The van der Waals surface area contributed by atoms with Crippen LogP contribution in [-0.2, 0) is 4.79 Å². The van der Waals surface area contributed by atoms with Gasteiger partial charge < -0.3 is 5.32 Å². The zero-order chi connectivity index (χ0) is 15.6. The quantitative estimate of drug-likeness (QED) is 0.762. The van der Waals surface area contributed by atoms with Crippen molar-refractivity contribution < 1.29 is 4.79 Å². The summed E-state index contributed by atoms with van der Waals surface area (Å²) in [6.45, 7) is 2.82. The van der Waals surface area contributed by atoms with E-state index in [1.165, 1.54) is 11.1 Å². The third kappa shape index (κ3) is 5.03. The molecule has 0 unspecified atom stereocenters. The van der Waals surface area contributed by atoms with E-state index in [0.29, 0.717) is 12.3 Å². The second-order valence-corrected chi connectivity index (χ2v) is 5.62. The minimum absolute atomic E-state index is 0.168. The maximum Gasteiger partial charge on any atom is 0.219 e. The van der Waals surface area contributed by atoms with E-state index in [1.807, 2.05) is 12.1 Å². The van der Waals surface area contributed by atoms with Gasteiger partial charge in [0.05, 0.1) is 0 Å². The molecule has 0 saturated heterocycles. The Labute approximate surface area is 133 Å². The molecule has 116 valence electrons. The molecule has 0 heterocycles. The van der Waals surface area contributed by atoms with E-state index < -0.39 is 0 Å². The lowest BCUT2D eigenvalue weighted by Crippen LogP contribution is -2.25. The van der Waals surface area contributed by atoms with E-state index in [-0.39, 0.29) is 5.91 Å². The highest BCUT2D eigenvalue weighted by Gasteiger charge is 2.13. The molecule has 2 nitrogen and oxygen atoms in total. The summed E-state index contributed by atoms with van der Waals surface area (Å²) in [6.07, 6.45) is 3.58. The summed E-state index contributed by atoms with van der Waals surface area (Å²) in [6, 6.07) is 21.0. The van der Waals surface area contributed by atoms with Gasteiger partial charge >= 0.3 is 0 Å². The van der Waals surface area contributed by atoms with Crippen molar-refractivity contribution in [3.05, 3.63) is 71.8 Å². The minimum Gasteiger partial charge on any atom is -0.356 e. The van der Waals surface area contributed by atoms with Gasteiger partial charge in [0, 0.05) is 18.9 Å². The molecule has 0 aliphatic carbocycles. The molecule has 0 atom stereocenters. The summed E-state index contributed by atoms with van der Waals surface area (Å²) >= 11 is 0. The van der Waals surface area contributed by atoms with Crippen LogP contribution in [0.4, 0.5) is 0 Å². The van der Waals surface area contributed by atoms with E-state index in [0.717, 1.165) is 25.8 Å². The van der Waals surface area contributed by atoms with Crippen molar-refractivity contribution in [1.29, 1.82) is 0 Å². The van der Waals surface area contributed by atoms with Crippen LogP contribution in [0, 0.1) is 0 Å². The SMILES string of the molecule is CCCCC(=O)NCCC(c1ccccc1)c1ccccc1. The number of rotatable bonds is 8. The number of unbranched alkanes of at least 4 members (excludes halogenated alkanes) is 1. The third-order valence-corrected chi connectivity index (χ3v) is 3.92. The van der Waals surface area contributed by atoms with Gasteiger partial charge in [0.25, 0.3) is 0 Å². The zero-order valence-corrected chi connectivity index (χ0v) is 13.3. The van der Waals surface area contributed by atoms with Gasteiger partial charge in [-0.15, -0.1) is 0 Å². The Morgan fingerprint density at radius 3 is 2.00 bits per heavy atom. The molecule has 22 heavy (non-hydrogen) atoms. The molecule has 1 amide bonds. The van der Waals surface area contributed by atoms with Crippen molar-refractivity contribution in [2.75, 3.05) is 6.54 Å². The first-order valence-electron chi connectivity index (χ1n) is 8.18. The highest BCUT2D eigenvalue weighted by molar-refractivity contribution is 5.75. The van der Waals surface area contributed by atoms with Crippen LogP contribution < -0.4 is 5.32 Å². The molecule has 0 spiro atoms. The predicted molar refractivity (Wildman–Crippen MR) is 91.9 cm³/mol. The molecule has 0 fully saturated rings. The summed E-state index contributed by atoms with van der Waals surface area (Å²) in [7, 11) is 0. The number of amides is 1. The van der Waals surface area contributed by atoms with Gasteiger partial charge in [-0.3, -0.25) is 4.79 Å². The first-order chi connectivity index (χ1) is 10.8. The first-order valence-corrected chi connectivity index (χ1v) is 8.18. The van der Waals surface area contributed by atoms with Crippen LogP contribution in [0.5, 0.6) is 0 Å². The number of nitrogens with one attached hydrogen (secondary N) is 1. The molecule has 0 aromatic heterocycles. The van der Waals surface area contributed by atoms with Crippen LogP contribution in [0.15, 0.2) is 60.7 Å². The van der Waals surface area contributed by atoms with Gasteiger partial charge in [0.1, 0.15) is 0 Å². The van der Waals surface area contributed by atoms with Crippen LogP contribution in [0.2, 0.25) is 0 Å². The smallest absolute Gasteiger partial charge is 0.219 e. The molecular formula is C20H25NO. The van der Waals surface area contributed by atoms with E-state index in [1.54, 1.807) is 0 Å². The van der Waals surface area contributed by atoms with Crippen molar-refractivity contribution >= 4 is 5.91 Å². The Bertz CT molecular complexity index is 511. The lowest BCUT2D eigenvalue weighted by atomic mass is 9.88. The fourth-order valence-electron chi connectivity index (χ4n) is 2.68. The molecule has 1 N–H and O–H groups in total. The predicted octanol–water partition coefficient (Wildman–Crippen LogP) is 4.52. The molecule has 2 aromatic rings. The summed E-state index contributed by atoms with van der Waals surface area (Å²) < 4.78 is 0. The second-order valence-electron chi connectivity index (χ2n) is 5.62. The maximum absolute atomic E-state index is 11.7. The van der Waals surface area contributed by atoms with Crippen LogP contribution in [0.25, 0.3) is 0 Å². The van der Waals surface area contributed by atoms with Gasteiger partial charge in [-0.1, -0.05) is 74.0 Å². The molecule has 0 aliphatic heterocycles. The van der Waals surface area contributed by atoms with E-state index in [4.69, 9.17) is 0 Å². The van der Waals surface area contributed by atoms with Gasteiger partial charge in [-0.25, -0.2) is 0 Å². The first kappa shape index (κ1) is 16.3. The van der Waals surface area contributed by atoms with Crippen LogP contribution >= 0.6 is 0 Å². The van der Waals surface area contributed by atoms with E-state index in [9.17, 15) is 4.79 Å². The van der Waals surface area contributed by atoms with Crippen molar-refractivity contribution in [1.82, 2.24) is 5.32 Å². The second kappa shape index (κ2) is 9.04. The Balaban J connectivity index is 1.99. The molecule has 0 bridgehead atoms. The number of carbonyl (C=O) groups is 1. The van der Waals surface area contributed by atoms with Crippen molar-refractivity contribution in [3.63, 3.8) is 0 Å². The number of hydrogen-bond donors (Lipinski definition) is 1. The fourth-order valence-corrected chi connectivity index (χ4v) is 2.68. The number of hydrogen-bond acceptors (Lipinski definition) is 1. The number of benzene rings is 2. The fraction of sp³-hybridized carbons (Fsp3) is 0.350. The molecule has 2 aromatic carbocycles. The van der Waals surface area contributed by atoms with Crippen LogP contribution in [0.3, 0.4) is 0 Å². The largest absolute Gasteiger partial charge is 0.356 e. The third-order valence-electron chi connectivity index (χ3n) is 3.92. The number of carbonyl (C=O) groups excluding carboxylic acids is 1. The average Bonchev–Trinajstić information content (AvgIpc) is 2.58. The van der Waals surface area contributed by atoms with Crippen molar-refractivity contribution in [2.45, 2.75) is 38.5 Å². The molecular weight excluding hydrogens is 270 g/mol. The monoisotopic (exact) mass is 295 g/mol. The summed E-state index contributed by atoms with van der Waals surface area (Å²) in [4.78, 5) is 11.7. The summed E-state index contributed by atoms with van der Waals surface area (Å²) in [5.41, 5.74) is 2.60. The standard InChI is InChI=1S/C20H25NO/c1-2-3-14-20(22)21-16-15-19(17-10-6-4-7-11-17)18-12-8-5-9-13-18/h4-13,19H,2-3,14-16H2,1H3,(H,21,22). The van der Waals surface area contributed by atoms with Crippen LogP contribution in [0.1, 0.15) is 49.7 Å². The molecule has 2 heteroatoms. The molecule has 0 radical (unpaired) electrons. The Morgan fingerprint density at radius 1 is 0.955 bits per heavy atom. The van der Waals surface area contributed by atoms with E-state index >= 15 is 0 Å². The minimum atomic E-state index is 0.168. The Morgan fingerprint density at radius 2 is 1.50 bits per heavy atom. The maximum atomic E-state index is 11.7. The van der Waals surface area contributed by atoms with E-state index in [2.05, 4.69) is 60.8 Å². The van der Waals surface area contributed by atoms with Gasteiger partial charge in [-0.2, -0.15) is 0 Å². The van der Waals surface area contributed by atoms with Gasteiger partial charge in [0.2, 0.25) is 5.91 Å². The Hall–Kier alpha value is -2.09. The highest BCUT2D eigenvalue weighted by atomic mass is 16.1. The lowest BCUT2D eigenvalue weighted by Gasteiger charge is -2.18. The van der Waals surface area contributed by atoms with Crippen molar-refractivity contribution in [3.8, 4) is 0 Å². The summed E-state index contributed by atoms with van der Waals surface area (Å²) in [5.74, 6) is 0.496. The lowest BCUT2D eigenvalue weighted by molar-refractivity contribution is -0.121. The topological polar surface area (TPSA) is 29.1 Å². The molecule has 0 saturated carbocycles. The Kier molecular flexibility index (Phi) is 6.69. The molecule has 2 rings (SSSR count). The van der Waals surface area contributed by atoms with Gasteiger partial charge in [-0.05, 0) is 24.0 Å². The van der Waals surface area contributed by atoms with Gasteiger partial charge in [0.15, 0.2) is 0 Å².